The topological polar surface area (TPSA) is 0 Å². The van der Waals surface area contributed by atoms with E-state index in [9.17, 15) is 22.0 Å². The van der Waals surface area contributed by atoms with Gasteiger partial charge in [0.2, 0.25) is 5.13 Å². The summed E-state index contributed by atoms with van der Waals surface area (Å²) in [6.45, 7) is 0.410. The SMILES string of the molecule is CC(F)(Cl)C(=CF)C(F)(F)F. The molecule has 0 nitrogen and oxygen atoms in total. The Labute approximate surface area is 64.6 Å². The van der Waals surface area contributed by atoms with E-state index in [1.54, 1.807) is 0 Å². The minimum Gasteiger partial charge on any atom is -0.221 e. The number of alkyl halides is 5. The Hall–Kier alpha value is -0.320. The van der Waals surface area contributed by atoms with Gasteiger partial charge >= 0.3 is 6.18 Å². The normalized spacial score (nSPS) is 19.7. The lowest BCUT2D eigenvalue weighted by Crippen LogP contribution is -2.25. The molecule has 0 aliphatic carbocycles. The molecule has 1 atom stereocenters. The van der Waals surface area contributed by atoms with Gasteiger partial charge in [-0.1, -0.05) is 11.6 Å². The first-order valence-electron chi connectivity index (χ1n) is 2.45. The largest absolute Gasteiger partial charge is 0.419 e. The van der Waals surface area contributed by atoms with E-state index in [0.29, 0.717) is 6.92 Å². The van der Waals surface area contributed by atoms with E-state index in [4.69, 9.17) is 0 Å². The Morgan fingerprint density at radius 3 is 1.64 bits per heavy atom. The molecule has 0 N–H and O–H groups in total. The number of rotatable bonds is 1. The highest BCUT2D eigenvalue weighted by Crippen LogP contribution is 2.38. The number of hydrogen-bond donors (Lipinski definition) is 0. The highest BCUT2D eigenvalue weighted by atomic mass is 35.5. The van der Waals surface area contributed by atoms with Crippen molar-refractivity contribution in [1.82, 2.24) is 0 Å². The Bertz CT molecular complexity index is 147. The molecule has 0 radical (unpaired) electrons. The molecule has 0 saturated carbocycles. The zero-order chi connectivity index (χ0) is 9.28. The van der Waals surface area contributed by atoms with Crippen LogP contribution >= 0.6 is 11.6 Å². The summed E-state index contributed by atoms with van der Waals surface area (Å²) >= 11 is 4.59. The van der Waals surface area contributed by atoms with E-state index in [-0.39, 0.29) is 0 Å². The summed E-state index contributed by atoms with van der Waals surface area (Å²) in [5.41, 5.74) is -2.04. The Kier molecular flexibility index (Phi) is 2.88. The van der Waals surface area contributed by atoms with E-state index in [1.165, 1.54) is 0 Å². The van der Waals surface area contributed by atoms with E-state index < -0.39 is 23.2 Å². The van der Waals surface area contributed by atoms with Gasteiger partial charge in [-0.2, -0.15) is 13.2 Å². The third kappa shape index (κ3) is 3.05. The van der Waals surface area contributed by atoms with Crippen LogP contribution in [0.15, 0.2) is 11.9 Å². The Morgan fingerprint density at radius 1 is 1.27 bits per heavy atom. The molecule has 0 aromatic heterocycles. The van der Waals surface area contributed by atoms with Crippen LogP contribution in [-0.2, 0) is 0 Å². The number of halogens is 6. The van der Waals surface area contributed by atoms with Crippen molar-refractivity contribution in [2.45, 2.75) is 18.2 Å². The van der Waals surface area contributed by atoms with Gasteiger partial charge in [0.1, 0.15) is 5.57 Å². The average molecular weight is 195 g/mol. The van der Waals surface area contributed by atoms with Gasteiger partial charge in [0.25, 0.3) is 0 Å². The maximum atomic E-state index is 12.3. The van der Waals surface area contributed by atoms with Gasteiger partial charge < -0.3 is 0 Å². The zero-order valence-corrected chi connectivity index (χ0v) is 6.10. The van der Waals surface area contributed by atoms with Crippen molar-refractivity contribution < 1.29 is 22.0 Å². The van der Waals surface area contributed by atoms with E-state index >= 15 is 0 Å². The summed E-state index contributed by atoms with van der Waals surface area (Å²) in [5.74, 6) is 0. The van der Waals surface area contributed by atoms with Crippen LogP contribution in [0.5, 0.6) is 0 Å². The highest BCUT2D eigenvalue weighted by Gasteiger charge is 2.45. The lowest BCUT2D eigenvalue weighted by atomic mass is 10.2. The summed E-state index contributed by atoms with van der Waals surface area (Å²) in [5, 5.41) is -3.22. The van der Waals surface area contributed by atoms with E-state index in [2.05, 4.69) is 11.6 Å². The van der Waals surface area contributed by atoms with Gasteiger partial charge in [0, 0.05) is 0 Å². The average Bonchev–Trinajstić information content (AvgIpc) is 1.56. The maximum Gasteiger partial charge on any atom is 0.419 e. The molecule has 66 valence electrons. The third-order valence-corrected chi connectivity index (χ3v) is 1.09. The van der Waals surface area contributed by atoms with Crippen molar-refractivity contribution in [3.63, 3.8) is 0 Å². The molecule has 0 bridgehead atoms. The summed E-state index contributed by atoms with van der Waals surface area (Å²) < 4.78 is 58.5. The summed E-state index contributed by atoms with van der Waals surface area (Å²) in [6.07, 6.45) is -5.95. The first-order valence-corrected chi connectivity index (χ1v) is 2.83. The number of hydrogen-bond acceptors (Lipinski definition) is 0. The summed E-state index contributed by atoms with van der Waals surface area (Å²) in [6, 6.07) is 0. The van der Waals surface area contributed by atoms with Crippen molar-refractivity contribution in [3.8, 4) is 0 Å². The van der Waals surface area contributed by atoms with Crippen molar-refractivity contribution in [2.75, 3.05) is 0 Å². The van der Waals surface area contributed by atoms with Crippen LogP contribution in [0.4, 0.5) is 22.0 Å². The quantitative estimate of drug-likeness (QED) is 0.444. The second-order valence-electron chi connectivity index (χ2n) is 1.91. The minimum atomic E-state index is -5.07. The second kappa shape index (κ2) is 2.97. The fourth-order valence-corrected chi connectivity index (χ4v) is 0.555. The zero-order valence-electron chi connectivity index (χ0n) is 5.35. The predicted molar refractivity (Wildman–Crippen MR) is 30.6 cm³/mol. The molecule has 0 heterocycles. The molecule has 0 rings (SSSR count). The summed E-state index contributed by atoms with van der Waals surface area (Å²) in [4.78, 5) is 0. The van der Waals surface area contributed by atoms with Crippen molar-refractivity contribution in [3.05, 3.63) is 11.9 Å². The molecule has 0 fully saturated rings. The molecule has 0 aromatic rings. The predicted octanol–water partition coefficient (Wildman–Crippen LogP) is 3.33. The van der Waals surface area contributed by atoms with Gasteiger partial charge in [-0.3, -0.25) is 0 Å². The minimum absolute atomic E-state index is 0.410. The molecular weight excluding hydrogens is 190 g/mol. The molecule has 0 aliphatic rings. The monoisotopic (exact) mass is 194 g/mol. The van der Waals surface area contributed by atoms with Gasteiger partial charge in [0.05, 0.1) is 6.33 Å². The van der Waals surface area contributed by atoms with Crippen molar-refractivity contribution in [2.24, 2.45) is 0 Å². The van der Waals surface area contributed by atoms with Gasteiger partial charge in [0.15, 0.2) is 0 Å². The number of allylic oxidation sites excluding steroid dienone is 1. The molecule has 1 unspecified atom stereocenters. The lowest BCUT2D eigenvalue weighted by Gasteiger charge is -2.17. The first kappa shape index (κ1) is 10.7. The van der Waals surface area contributed by atoms with Crippen LogP contribution in [0.25, 0.3) is 0 Å². The second-order valence-corrected chi connectivity index (χ2v) is 2.62. The van der Waals surface area contributed by atoms with Crippen LogP contribution in [0.3, 0.4) is 0 Å². The van der Waals surface area contributed by atoms with Crippen LogP contribution in [0, 0.1) is 0 Å². The van der Waals surface area contributed by atoms with Crippen LogP contribution in [-0.4, -0.2) is 11.3 Å². The van der Waals surface area contributed by atoms with Gasteiger partial charge in [-0.05, 0) is 6.92 Å². The van der Waals surface area contributed by atoms with Gasteiger partial charge in [-0.25, -0.2) is 8.78 Å². The molecule has 0 aliphatic heterocycles. The van der Waals surface area contributed by atoms with Crippen LogP contribution in [0.2, 0.25) is 0 Å². The Balaban J connectivity index is 4.74. The molecule has 0 aromatic carbocycles. The fourth-order valence-electron chi connectivity index (χ4n) is 0.407. The molecule has 0 saturated heterocycles. The molecular formula is C5H4ClF5. The fraction of sp³-hybridized carbons (Fsp3) is 0.600. The Morgan fingerprint density at radius 2 is 1.64 bits per heavy atom. The first-order chi connectivity index (χ1) is 4.69. The third-order valence-electron chi connectivity index (χ3n) is 0.887. The molecule has 6 heteroatoms. The van der Waals surface area contributed by atoms with E-state index in [0.717, 1.165) is 0 Å². The lowest BCUT2D eigenvalue weighted by molar-refractivity contribution is -0.103. The van der Waals surface area contributed by atoms with E-state index in [1.807, 2.05) is 0 Å². The summed E-state index contributed by atoms with van der Waals surface area (Å²) in [7, 11) is 0. The highest BCUT2D eigenvalue weighted by molar-refractivity contribution is 6.24. The molecule has 11 heavy (non-hydrogen) atoms. The standard InChI is InChI=1S/C5H4ClF5/c1-4(6,8)3(2-7)5(9,10)11/h2H,1H3. The van der Waals surface area contributed by atoms with Crippen molar-refractivity contribution in [1.29, 1.82) is 0 Å². The maximum absolute atomic E-state index is 12.3. The van der Waals surface area contributed by atoms with Crippen molar-refractivity contribution >= 4 is 11.6 Å². The van der Waals surface area contributed by atoms with Gasteiger partial charge in [-0.15, -0.1) is 0 Å². The smallest absolute Gasteiger partial charge is 0.221 e. The molecule has 0 spiro atoms. The van der Waals surface area contributed by atoms with Crippen LogP contribution < -0.4 is 0 Å². The molecule has 0 amide bonds. The van der Waals surface area contributed by atoms with Crippen LogP contribution in [0.1, 0.15) is 6.92 Å².